The molecule has 1 unspecified atom stereocenters. The monoisotopic (exact) mass is 355 g/mol. The SMILES string of the molecule is Cc1ccc(CS(=O)(=O)NCC(C(=O)O)C2CCOCC2)cc1C. The Hall–Kier alpha value is -1.44. The van der Waals surface area contributed by atoms with Gasteiger partial charge in [-0.3, -0.25) is 4.79 Å². The van der Waals surface area contributed by atoms with Crippen LogP contribution in [0.2, 0.25) is 0 Å². The number of aliphatic carboxylic acids is 1. The first-order chi connectivity index (χ1) is 11.3. The van der Waals surface area contributed by atoms with Crippen molar-refractivity contribution in [1.82, 2.24) is 4.72 Å². The Balaban J connectivity index is 1.99. The summed E-state index contributed by atoms with van der Waals surface area (Å²) in [5.41, 5.74) is 2.84. The van der Waals surface area contributed by atoms with Crippen molar-refractivity contribution in [1.29, 1.82) is 0 Å². The molecular formula is C17H25NO5S. The average Bonchev–Trinajstić information content (AvgIpc) is 2.51. The summed E-state index contributed by atoms with van der Waals surface area (Å²) in [6.45, 7) is 4.89. The number of hydrogen-bond donors (Lipinski definition) is 2. The third-order valence-electron chi connectivity index (χ3n) is 4.60. The molecule has 6 nitrogen and oxygen atoms in total. The predicted molar refractivity (Wildman–Crippen MR) is 91.2 cm³/mol. The minimum Gasteiger partial charge on any atom is -0.481 e. The van der Waals surface area contributed by atoms with Gasteiger partial charge in [0.2, 0.25) is 10.0 Å². The smallest absolute Gasteiger partial charge is 0.308 e. The van der Waals surface area contributed by atoms with E-state index in [1.807, 2.05) is 26.0 Å². The summed E-state index contributed by atoms with van der Waals surface area (Å²) in [5, 5.41) is 9.40. The van der Waals surface area contributed by atoms with Crippen molar-refractivity contribution in [3.05, 3.63) is 34.9 Å². The van der Waals surface area contributed by atoms with Crippen LogP contribution in [0.3, 0.4) is 0 Å². The molecule has 0 radical (unpaired) electrons. The fraction of sp³-hybridized carbons (Fsp3) is 0.588. The fourth-order valence-electron chi connectivity index (χ4n) is 2.95. The Morgan fingerprint density at radius 3 is 2.54 bits per heavy atom. The largest absolute Gasteiger partial charge is 0.481 e. The summed E-state index contributed by atoms with van der Waals surface area (Å²) >= 11 is 0. The van der Waals surface area contributed by atoms with Crippen LogP contribution in [0, 0.1) is 25.7 Å². The quantitative estimate of drug-likeness (QED) is 0.779. The summed E-state index contributed by atoms with van der Waals surface area (Å²) in [4.78, 5) is 11.5. The van der Waals surface area contributed by atoms with Crippen LogP contribution >= 0.6 is 0 Å². The highest BCUT2D eigenvalue weighted by Crippen LogP contribution is 2.24. The summed E-state index contributed by atoms with van der Waals surface area (Å²) in [6, 6.07) is 5.53. The van der Waals surface area contributed by atoms with Crippen LogP contribution in [-0.4, -0.2) is 39.3 Å². The Morgan fingerprint density at radius 1 is 1.29 bits per heavy atom. The van der Waals surface area contributed by atoms with Crippen molar-refractivity contribution in [2.45, 2.75) is 32.4 Å². The van der Waals surface area contributed by atoms with Gasteiger partial charge in [-0.05, 0) is 49.3 Å². The van der Waals surface area contributed by atoms with E-state index >= 15 is 0 Å². The van der Waals surface area contributed by atoms with Gasteiger partial charge in [0.15, 0.2) is 0 Å². The molecule has 2 N–H and O–H groups in total. The summed E-state index contributed by atoms with van der Waals surface area (Å²) in [6.07, 6.45) is 1.30. The fourth-order valence-corrected chi connectivity index (χ4v) is 4.11. The molecule has 0 bridgehead atoms. The number of benzene rings is 1. The zero-order chi connectivity index (χ0) is 17.7. The number of carbonyl (C=O) groups is 1. The zero-order valence-corrected chi connectivity index (χ0v) is 14.9. The van der Waals surface area contributed by atoms with E-state index in [0.717, 1.165) is 11.1 Å². The van der Waals surface area contributed by atoms with Crippen molar-refractivity contribution in [3.63, 3.8) is 0 Å². The first-order valence-electron chi connectivity index (χ1n) is 8.12. The molecule has 0 amide bonds. The summed E-state index contributed by atoms with van der Waals surface area (Å²) in [5.74, 6) is -1.88. The van der Waals surface area contributed by atoms with E-state index in [4.69, 9.17) is 4.74 Å². The van der Waals surface area contributed by atoms with Gasteiger partial charge < -0.3 is 9.84 Å². The van der Waals surface area contributed by atoms with Gasteiger partial charge in [-0.1, -0.05) is 18.2 Å². The molecule has 1 aliphatic rings. The molecule has 134 valence electrons. The number of sulfonamides is 1. The van der Waals surface area contributed by atoms with Crippen LogP contribution in [-0.2, 0) is 25.3 Å². The van der Waals surface area contributed by atoms with Crippen LogP contribution < -0.4 is 4.72 Å². The van der Waals surface area contributed by atoms with Crippen LogP contribution in [0.15, 0.2) is 18.2 Å². The molecule has 1 aliphatic heterocycles. The number of hydrogen-bond acceptors (Lipinski definition) is 4. The number of nitrogens with one attached hydrogen (secondary N) is 1. The lowest BCUT2D eigenvalue weighted by molar-refractivity contribution is -0.144. The second kappa shape index (κ2) is 8.09. The molecule has 1 aromatic rings. The van der Waals surface area contributed by atoms with Gasteiger partial charge in [-0.15, -0.1) is 0 Å². The third kappa shape index (κ3) is 5.29. The molecule has 0 aromatic heterocycles. The molecule has 0 spiro atoms. The van der Waals surface area contributed by atoms with Gasteiger partial charge >= 0.3 is 5.97 Å². The van der Waals surface area contributed by atoms with Gasteiger partial charge in [0.25, 0.3) is 0 Å². The molecule has 7 heteroatoms. The first kappa shape index (κ1) is 18.9. The lowest BCUT2D eigenvalue weighted by Crippen LogP contribution is -2.39. The van der Waals surface area contributed by atoms with Crippen LogP contribution in [0.25, 0.3) is 0 Å². The number of rotatable bonds is 7. The molecular weight excluding hydrogens is 330 g/mol. The molecule has 1 aromatic carbocycles. The van der Waals surface area contributed by atoms with Gasteiger partial charge in [0.05, 0.1) is 11.7 Å². The zero-order valence-electron chi connectivity index (χ0n) is 14.1. The first-order valence-corrected chi connectivity index (χ1v) is 9.78. The Morgan fingerprint density at radius 2 is 1.96 bits per heavy atom. The highest BCUT2D eigenvalue weighted by molar-refractivity contribution is 7.88. The van der Waals surface area contributed by atoms with Crippen molar-refractivity contribution < 1.29 is 23.1 Å². The van der Waals surface area contributed by atoms with E-state index in [-0.39, 0.29) is 18.2 Å². The molecule has 0 saturated carbocycles. The van der Waals surface area contributed by atoms with E-state index in [9.17, 15) is 18.3 Å². The van der Waals surface area contributed by atoms with E-state index in [0.29, 0.717) is 31.6 Å². The van der Waals surface area contributed by atoms with Crippen LogP contribution in [0.4, 0.5) is 0 Å². The predicted octanol–water partition coefficient (Wildman–Crippen LogP) is 1.85. The normalized spacial score (nSPS) is 17.6. The summed E-state index contributed by atoms with van der Waals surface area (Å²) in [7, 11) is -3.58. The van der Waals surface area contributed by atoms with E-state index < -0.39 is 21.9 Å². The van der Waals surface area contributed by atoms with Crippen molar-refractivity contribution >= 4 is 16.0 Å². The average molecular weight is 355 g/mol. The van der Waals surface area contributed by atoms with Gasteiger partial charge in [-0.25, -0.2) is 13.1 Å². The molecule has 1 heterocycles. The number of carboxylic acid groups (broad SMARTS) is 1. The number of ether oxygens (including phenoxy) is 1. The highest BCUT2D eigenvalue weighted by Gasteiger charge is 2.30. The highest BCUT2D eigenvalue weighted by atomic mass is 32.2. The minimum atomic E-state index is -3.58. The maximum atomic E-state index is 12.3. The number of carboxylic acids is 1. The third-order valence-corrected chi connectivity index (χ3v) is 5.92. The molecule has 24 heavy (non-hydrogen) atoms. The second-order valence-corrected chi connectivity index (χ2v) is 8.23. The van der Waals surface area contributed by atoms with E-state index in [1.165, 1.54) is 0 Å². The Bertz CT molecular complexity index is 680. The van der Waals surface area contributed by atoms with Gasteiger partial charge in [0, 0.05) is 19.8 Å². The lowest BCUT2D eigenvalue weighted by Gasteiger charge is -2.27. The topological polar surface area (TPSA) is 92.7 Å². The standard InChI is InChI=1S/C17H25NO5S/c1-12-3-4-14(9-13(12)2)11-24(21,22)18-10-16(17(19)20)15-5-7-23-8-6-15/h3-4,9,15-16,18H,5-8,10-11H2,1-2H3,(H,19,20). The van der Waals surface area contributed by atoms with Gasteiger partial charge in [-0.2, -0.15) is 0 Å². The lowest BCUT2D eigenvalue weighted by atomic mass is 9.86. The van der Waals surface area contributed by atoms with Crippen molar-refractivity contribution in [3.8, 4) is 0 Å². The van der Waals surface area contributed by atoms with Gasteiger partial charge in [0.1, 0.15) is 0 Å². The Kier molecular flexibility index (Phi) is 6.37. The van der Waals surface area contributed by atoms with E-state index in [2.05, 4.69) is 4.72 Å². The van der Waals surface area contributed by atoms with Crippen molar-refractivity contribution in [2.75, 3.05) is 19.8 Å². The van der Waals surface area contributed by atoms with Crippen LogP contribution in [0.5, 0.6) is 0 Å². The molecule has 0 aliphatic carbocycles. The maximum absolute atomic E-state index is 12.3. The molecule has 1 fully saturated rings. The summed E-state index contributed by atoms with van der Waals surface area (Å²) < 4.78 is 32.3. The van der Waals surface area contributed by atoms with E-state index in [1.54, 1.807) is 6.07 Å². The molecule has 1 saturated heterocycles. The molecule has 1 atom stereocenters. The second-order valence-electron chi connectivity index (χ2n) is 6.42. The maximum Gasteiger partial charge on any atom is 0.308 e. The number of aryl methyl sites for hydroxylation is 2. The minimum absolute atomic E-state index is 0.0550. The van der Waals surface area contributed by atoms with Crippen LogP contribution in [0.1, 0.15) is 29.5 Å². The van der Waals surface area contributed by atoms with Crippen molar-refractivity contribution in [2.24, 2.45) is 11.8 Å². The Labute approximate surface area is 143 Å². The molecule has 2 rings (SSSR count).